The average Bonchev–Trinajstić information content (AvgIpc) is 3.04. The highest BCUT2D eigenvalue weighted by Crippen LogP contribution is 2.29. The number of unbranched alkanes of at least 4 members (excludes halogenated alkanes) is 2. The van der Waals surface area contributed by atoms with Gasteiger partial charge in [-0.15, -0.1) is 0 Å². The number of urea groups is 1. The predicted molar refractivity (Wildman–Crippen MR) is 179 cm³/mol. The van der Waals surface area contributed by atoms with Gasteiger partial charge in [0.15, 0.2) is 0 Å². The van der Waals surface area contributed by atoms with Crippen molar-refractivity contribution in [3.05, 3.63) is 48.0 Å². The number of carbonyl (C=O) groups excluding carboxylic acids is 4. The summed E-state index contributed by atoms with van der Waals surface area (Å²) in [5.74, 6) is -0.0939. The predicted octanol–water partition coefficient (Wildman–Crippen LogP) is 4.00. The SMILES string of the molecule is CC(C)NC(=O)N(C)C[C@H]1Oc2ccc(NC(=O)CCCCCC(=O)Nc3ccccc3N)cc2CC(=O)N([C@@H](C)CO)C[C@@H]1C. The monoisotopic (exact) mass is 638 g/mol. The Labute approximate surface area is 272 Å². The van der Waals surface area contributed by atoms with E-state index in [1.165, 1.54) is 0 Å². The van der Waals surface area contributed by atoms with Crippen molar-refractivity contribution in [1.29, 1.82) is 0 Å². The summed E-state index contributed by atoms with van der Waals surface area (Å²) in [5, 5.41) is 18.5. The lowest BCUT2D eigenvalue weighted by molar-refractivity contribution is -0.134. The van der Waals surface area contributed by atoms with E-state index in [1.807, 2.05) is 26.8 Å². The van der Waals surface area contributed by atoms with Crippen LogP contribution in [0.15, 0.2) is 42.5 Å². The van der Waals surface area contributed by atoms with Crippen molar-refractivity contribution >= 4 is 40.8 Å². The minimum absolute atomic E-state index is 0.0200. The zero-order valence-electron chi connectivity index (χ0n) is 27.7. The van der Waals surface area contributed by atoms with Gasteiger partial charge in [-0.25, -0.2) is 4.79 Å². The van der Waals surface area contributed by atoms with Crippen LogP contribution in [0.1, 0.15) is 65.4 Å². The molecule has 2 aromatic carbocycles. The Kier molecular flexibility index (Phi) is 13.7. The van der Waals surface area contributed by atoms with Gasteiger partial charge in [0.2, 0.25) is 17.7 Å². The highest BCUT2D eigenvalue weighted by molar-refractivity contribution is 5.94. The Balaban J connectivity index is 1.62. The number of aliphatic hydroxyl groups is 1. The molecule has 1 aliphatic heterocycles. The molecule has 1 aliphatic rings. The third-order valence-electron chi connectivity index (χ3n) is 7.96. The van der Waals surface area contributed by atoms with Crippen LogP contribution in [0.25, 0.3) is 0 Å². The van der Waals surface area contributed by atoms with Crippen molar-refractivity contribution < 1.29 is 29.0 Å². The summed E-state index contributed by atoms with van der Waals surface area (Å²) in [5.41, 5.74) is 8.13. The van der Waals surface area contributed by atoms with Gasteiger partial charge in [0.05, 0.1) is 37.0 Å². The minimum Gasteiger partial charge on any atom is -0.488 e. The molecule has 6 N–H and O–H groups in total. The molecule has 0 fully saturated rings. The van der Waals surface area contributed by atoms with Gasteiger partial charge in [0, 0.05) is 49.6 Å². The van der Waals surface area contributed by atoms with E-state index in [0.717, 1.165) is 0 Å². The maximum Gasteiger partial charge on any atom is 0.317 e. The fourth-order valence-electron chi connectivity index (χ4n) is 5.23. The number of fused-ring (bicyclic) bond motifs is 1. The zero-order chi connectivity index (χ0) is 33.8. The van der Waals surface area contributed by atoms with Gasteiger partial charge in [-0.1, -0.05) is 25.5 Å². The number of carbonyl (C=O) groups is 4. The molecule has 3 rings (SSSR count). The number of benzene rings is 2. The zero-order valence-corrected chi connectivity index (χ0v) is 27.7. The second-order valence-electron chi connectivity index (χ2n) is 12.4. The van der Waals surface area contributed by atoms with E-state index in [1.54, 1.807) is 60.2 Å². The van der Waals surface area contributed by atoms with Crippen LogP contribution in [-0.2, 0) is 20.8 Å². The first-order chi connectivity index (χ1) is 21.9. The number of nitrogens with zero attached hydrogens (tertiary/aromatic N) is 2. The topological polar surface area (TPSA) is 166 Å². The second-order valence-corrected chi connectivity index (χ2v) is 12.4. The second kappa shape index (κ2) is 17.4. The number of nitrogens with one attached hydrogen (secondary N) is 3. The number of hydrogen-bond donors (Lipinski definition) is 5. The normalized spacial score (nSPS) is 17.1. The molecule has 3 atom stereocenters. The van der Waals surface area contributed by atoms with Crippen LogP contribution in [0.3, 0.4) is 0 Å². The molecule has 12 heteroatoms. The molecule has 0 saturated heterocycles. The Morgan fingerprint density at radius 1 is 1.04 bits per heavy atom. The van der Waals surface area contributed by atoms with Gasteiger partial charge in [-0.2, -0.15) is 0 Å². The molecule has 0 unspecified atom stereocenters. The van der Waals surface area contributed by atoms with E-state index in [2.05, 4.69) is 16.0 Å². The average molecular weight is 639 g/mol. The Bertz CT molecular complexity index is 1350. The summed E-state index contributed by atoms with van der Waals surface area (Å²) in [7, 11) is 1.70. The van der Waals surface area contributed by atoms with E-state index in [-0.39, 0.29) is 61.7 Å². The molecule has 0 saturated carbocycles. The summed E-state index contributed by atoms with van der Waals surface area (Å²) in [6.07, 6.45) is 2.17. The molecule has 1 heterocycles. The van der Waals surface area contributed by atoms with Crippen molar-refractivity contribution in [2.45, 2.75) is 84.4 Å². The minimum atomic E-state index is -0.437. The standard InChI is InChI=1S/C34H50N6O6/c1-22(2)36-34(45)39(5)20-30-23(3)19-40(24(4)21-41)33(44)18-25-17-26(15-16-29(25)46-30)37-31(42)13-7-6-8-14-32(43)38-28-12-10-9-11-27(28)35/h9-12,15-17,22-24,30,41H,6-8,13-14,18-21,35H2,1-5H3,(H,36,45)(H,37,42)(H,38,43)/t23-,24-,30+/m0/s1. The van der Waals surface area contributed by atoms with E-state index in [0.29, 0.717) is 60.6 Å². The summed E-state index contributed by atoms with van der Waals surface area (Å²) in [6, 6.07) is 11.7. The number of likely N-dealkylation sites (N-methyl/N-ethyl adjacent to an activating group) is 1. The third-order valence-corrected chi connectivity index (χ3v) is 7.96. The molecule has 46 heavy (non-hydrogen) atoms. The van der Waals surface area contributed by atoms with Gasteiger partial charge in [-0.05, 0) is 63.9 Å². The summed E-state index contributed by atoms with van der Waals surface area (Å²) >= 11 is 0. The van der Waals surface area contributed by atoms with Crippen LogP contribution in [-0.4, -0.2) is 83.6 Å². The highest BCUT2D eigenvalue weighted by atomic mass is 16.5. The number of anilines is 3. The Morgan fingerprint density at radius 3 is 2.37 bits per heavy atom. The van der Waals surface area contributed by atoms with Gasteiger partial charge < -0.3 is 41.3 Å². The number of nitrogens with two attached hydrogens (primary N) is 1. The lowest BCUT2D eigenvalue weighted by Gasteiger charge is -2.34. The van der Waals surface area contributed by atoms with E-state index < -0.39 is 12.1 Å². The van der Waals surface area contributed by atoms with Crippen LogP contribution in [0.2, 0.25) is 0 Å². The largest absolute Gasteiger partial charge is 0.488 e. The molecule has 252 valence electrons. The fraction of sp³-hybridized carbons (Fsp3) is 0.529. The highest BCUT2D eigenvalue weighted by Gasteiger charge is 2.32. The van der Waals surface area contributed by atoms with Gasteiger partial charge in [0.1, 0.15) is 11.9 Å². The Morgan fingerprint density at radius 2 is 1.72 bits per heavy atom. The number of amides is 5. The first kappa shape index (κ1) is 36.2. The number of hydrogen-bond acceptors (Lipinski definition) is 7. The van der Waals surface area contributed by atoms with Gasteiger partial charge in [0.25, 0.3) is 0 Å². The van der Waals surface area contributed by atoms with Gasteiger partial charge >= 0.3 is 6.03 Å². The molecule has 0 aromatic heterocycles. The molecule has 5 amide bonds. The third kappa shape index (κ3) is 10.9. The van der Waals surface area contributed by atoms with Crippen molar-refractivity contribution in [2.75, 3.05) is 43.1 Å². The van der Waals surface area contributed by atoms with Crippen molar-refractivity contribution in [1.82, 2.24) is 15.1 Å². The smallest absolute Gasteiger partial charge is 0.317 e. The summed E-state index contributed by atoms with van der Waals surface area (Å²) in [6.45, 7) is 8.00. The molecule has 0 bridgehead atoms. The van der Waals surface area contributed by atoms with Crippen LogP contribution < -0.4 is 26.4 Å². The number of ether oxygens (including phenoxy) is 1. The number of rotatable bonds is 13. The summed E-state index contributed by atoms with van der Waals surface area (Å²) < 4.78 is 6.46. The lowest BCUT2D eigenvalue weighted by Crippen LogP contribution is -2.49. The molecule has 0 radical (unpaired) electrons. The first-order valence-electron chi connectivity index (χ1n) is 16.0. The van der Waals surface area contributed by atoms with E-state index in [9.17, 15) is 24.3 Å². The Hall–Kier alpha value is -4.32. The maximum absolute atomic E-state index is 13.5. The molecular formula is C34H50N6O6. The molecule has 0 aliphatic carbocycles. The summed E-state index contributed by atoms with van der Waals surface area (Å²) in [4.78, 5) is 54.3. The van der Waals surface area contributed by atoms with Crippen molar-refractivity contribution in [3.8, 4) is 5.75 Å². The first-order valence-corrected chi connectivity index (χ1v) is 16.0. The van der Waals surface area contributed by atoms with Crippen molar-refractivity contribution in [2.24, 2.45) is 5.92 Å². The van der Waals surface area contributed by atoms with Gasteiger partial charge in [-0.3, -0.25) is 14.4 Å². The number of para-hydroxylation sites is 2. The number of nitrogen functional groups attached to an aromatic ring is 1. The molecule has 2 aromatic rings. The van der Waals surface area contributed by atoms with Crippen LogP contribution >= 0.6 is 0 Å². The van der Waals surface area contributed by atoms with Crippen LogP contribution in [0, 0.1) is 5.92 Å². The molecular weight excluding hydrogens is 588 g/mol. The van der Waals surface area contributed by atoms with E-state index in [4.69, 9.17) is 10.5 Å². The van der Waals surface area contributed by atoms with Crippen molar-refractivity contribution in [3.63, 3.8) is 0 Å². The molecule has 0 spiro atoms. The van der Waals surface area contributed by atoms with Crippen LogP contribution in [0.5, 0.6) is 5.75 Å². The quantitative estimate of drug-likeness (QED) is 0.163. The van der Waals surface area contributed by atoms with E-state index >= 15 is 0 Å². The molecule has 12 nitrogen and oxygen atoms in total. The van der Waals surface area contributed by atoms with Crippen LogP contribution in [0.4, 0.5) is 21.9 Å². The fourth-order valence-corrected chi connectivity index (χ4v) is 5.23. The number of aliphatic hydroxyl groups excluding tert-OH is 1. The lowest BCUT2D eigenvalue weighted by atomic mass is 10.0. The maximum atomic E-state index is 13.5.